The third-order valence-electron chi connectivity index (χ3n) is 9.39. The van der Waals surface area contributed by atoms with Crippen LogP contribution < -0.4 is 4.90 Å². The molecule has 1 unspecified atom stereocenters. The SMILES string of the molecule is CCc1ccc(CN2CCc3cc(-c4c(C)nc(C)c(C(OC(C)(C)C)C(=O)O)c4N4CCC(C)(C)CC4)ccc3C2)cc1. The van der Waals surface area contributed by atoms with Gasteiger partial charge < -0.3 is 14.7 Å². The lowest BCUT2D eigenvalue weighted by Crippen LogP contribution is -2.39. The van der Waals surface area contributed by atoms with Gasteiger partial charge in [-0.25, -0.2) is 4.79 Å². The van der Waals surface area contributed by atoms with E-state index in [4.69, 9.17) is 9.72 Å². The third-order valence-corrected chi connectivity index (χ3v) is 9.39. The summed E-state index contributed by atoms with van der Waals surface area (Å²) in [6.07, 6.45) is 3.04. The van der Waals surface area contributed by atoms with Crippen LogP contribution in [0.4, 0.5) is 5.69 Å². The van der Waals surface area contributed by atoms with Crippen LogP contribution in [0.3, 0.4) is 0 Å². The number of hydrogen-bond donors (Lipinski definition) is 1. The van der Waals surface area contributed by atoms with Crippen molar-refractivity contribution in [3.63, 3.8) is 0 Å². The van der Waals surface area contributed by atoms with E-state index in [1.165, 1.54) is 22.3 Å². The Bertz CT molecular complexity index is 1490. The highest BCUT2D eigenvalue weighted by Gasteiger charge is 2.36. The number of carboxylic acid groups (broad SMARTS) is 1. The lowest BCUT2D eigenvalue weighted by molar-refractivity contribution is -0.160. The number of hydrogen-bond acceptors (Lipinski definition) is 5. The van der Waals surface area contributed by atoms with Crippen molar-refractivity contribution in [3.05, 3.63) is 81.7 Å². The second-order valence-electron chi connectivity index (χ2n) is 14.6. The number of benzene rings is 2. The Kier molecular flexibility index (Phi) is 9.25. The van der Waals surface area contributed by atoms with Crippen molar-refractivity contribution < 1.29 is 14.6 Å². The van der Waals surface area contributed by atoms with Crippen LogP contribution in [-0.2, 0) is 35.5 Å². The van der Waals surface area contributed by atoms with E-state index in [0.717, 1.165) is 86.6 Å². The van der Waals surface area contributed by atoms with Crippen molar-refractivity contribution in [1.29, 1.82) is 0 Å². The number of ether oxygens (including phenoxy) is 1. The molecule has 0 spiro atoms. The van der Waals surface area contributed by atoms with Crippen LogP contribution >= 0.6 is 0 Å². The molecule has 5 rings (SSSR count). The summed E-state index contributed by atoms with van der Waals surface area (Å²) < 4.78 is 6.26. The van der Waals surface area contributed by atoms with Gasteiger partial charge in [0.05, 0.1) is 11.3 Å². The van der Waals surface area contributed by atoms with Crippen molar-refractivity contribution in [2.75, 3.05) is 24.5 Å². The normalized spacial score (nSPS) is 17.8. The highest BCUT2D eigenvalue weighted by Crippen LogP contribution is 2.45. The second-order valence-corrected chi connectivity index (χ2v) is 14.6. The predicted molar refractivity (Wildman–Crippen MR) is 179 cm³/mol. The van der Waals surface area contributed by atoms with Gasteiger partial charge in [0.2, 0.25) is 0 Å². The smallest absolute Gasteiger partial charge is 0.337 e. The molecule has 0 aliphatic carbocycles. The number of aliphatic carboxylic acids is 1. The van der Waals surface area contributed by atoms with E-state index in [1.807, 2.05) is 27.7 Å². The molecule has 6 heteroatoms. The van der Waals surface area contributed by atoms with Crippen molar-refractivity contribution in [2.24, 2.45) is 5.41 Å². The molecule has 1 atom stereocenters. The Morgan fingerprint density at radius 2 is 1.64 bits per heavy atom. The molecule has 1 fully saturated rings. The molecule has 1 N–H and O–H groups in total. The average Bonchev–Trinajstić information content (AvgIpc) is 2.95. The molecule has 0 amide bonds. The molecule has 1 aromatic heterocycles. The topological polar surface area (TPSA) is 65.9 Å². The highest BCUT2D eigenvalue weighted by atomic mass is 16.5. The number of rotatable bonds is 8. The molecule has 1 saturated heterocycles. The van der Waals surface area contributed by atoms with Crippen LogP contribution in [0, 0.1) is 19.3 Å². The van der Waals surface area contributed by atoms with E-state index >= 15 is 0 Å². The standard InChI is InChI=1S/C38H51N3O3/c1-9-27-10-12-28(13-11-27)23-40-19-16-29-22-30(14-15-31(29)24-40)32-25(2)39-26(3)33(35(36(42)43)44-37(4,5)6)34(32)41-20-17-38(7,8)18-21-41/h10-15,22,35H,9,16-21,23-24H2,1-8H3,(H,42,43). The molecule has 0 radical (unpaired) electrons. The van der Waals surface area contributed by atoms with Crippen LogP contribution in [-0.4, -0.2) is 46.2 Å². The maximum atomic E-state index is 12.8. The fourth-order valence-electron chi connectivity index (χ4n) is 6.80. The molecule has 6 nitrogen and oxygen atoms in total. The fraction of sp³-hybridized carbons (Fsp3) is 0.526. The molecule has 236 valence electrons. The van der Waals surface area contributed by atoms with E-state index in [-0.39, 0.29) is 5.41 Å². The predicted octanol–water partition coefficient (Wildman–Crippen LogP) is 8.05. The molecule has 44 heavy (non-hydrogen) atoms. The number of carbonyl (C=O) groups is 1. The Labute approximate surface area is 264 Å². The molecule has 2 aliphatic heterocycles. The van der Waals surface area contributed by atoms with Gasteiger partial charge >= 0.3 is 5.97 Å². The van der Waals surface area contributed by atoms with E-state index in [2.05, 4.69) is 80.0 Å². The minimum Gasteiger partial charge on any atom is -0.479 e. The molecule has 3 heterocycles. The van der Waals surface area contributed by atoms with E-state index in [9.17, 15) is 9.90 Å². The molecule has 2 aromatic carbocycles. The molecular formula is C38H51N3O3. The molecular weight excluding hydrogens is 546 g/mol. The van der Waals surface area contributed by atoms with Crippen molar-refractivity contribution in [1.82, 2.24) is 9.88 Å². The molecule has 3 aromatic rings. The first-order chi connectivity index (χ1) is 20.7. The van der Waals surface area contributed by atoms with Gasteiger partial charge in [0.15, 0.2) is 6.10 Å². The Balaban J connectivity index is 1.54. The lowest BCUT2D eigenvalue weighted by atomic mass is 9.81. The number of pyridine rings is 1. The van der Waals surface area contributed by atoms with E-state index in [0.29, 0.717) is 5.56 Å². The van der Waals surface area contributed by atoms with Gasteiger partial charge in [0, 0.05) is 55.2 Å². The number of fused-ring (bicyclic) bond motifs is 1. The molecule has 0 saturated carbocycles. The zero-order chi connectivity index (χ0) is 31.8. The third kappa shape index (κ3) is 7.18. The number of carboxylic acids is 1. The Morgan fingerprint density at radius 3 is 2.25 bits per heavy atom. The van der Waals surface area contributed by atoms with Crippen LogP contribution in [0.25, 0.3) is 11.1 Å². The van der Waals surface area contributed by atoms with Crippen LogP contribution in [0.15, 0.2) is 42.5 Å². The number of anilines is 1. The summed E-state index contributed by atoms with van der Waals surface area (Å²) in [4.78, 5) is 22.7. The molecule has 2 aliphatic rings. The Morgan fingerprint density at radius 1 is 0.977 bits per heavy atom. The summed E-state index contributed by atoms with van der Waals surface area (Å²) in [7, 11) is 0. The largest absolute Gasteiger partial charge is 0.479 e. The Hall–Kier alpha value is -3.22. The number of aryl methyl sites for hydroxylation is 3. The van der Waals surface area contributed by atoms with E-state index in [1.54, 1.807) is 0 Å². The summed E-state index contributed by atoms with van der Waals surface area (Å²) in [5, 5.41) is 10.5. The van der Waals surface area contributed by atoms with Gasteiger partial charge in [0.1, 0.15) is 0 Å². The average molecular weight is 598 g/mol. The van der Waals surface area contributed by atoms with Crippen LogP contribution in [0.5, 0.6) is 0 Å². The monoisotopic (exact) mass is 597 g/mol. The maximum Gasteiger partial charge on any atom is 0.337 e. The van der Waals surface area contributed by atoms with Gasteiger partial charge in [0.25, 0.3) is 0 Å². The van der Waals surface area contributed by atoms with Gasteiger partial charge in [-0.15, -0.1) is 0 Å². The summed E-state index contributed by atoms with van der Waals surface area (Å²) >= 11 is 0. The van der Waals surface area contributed by atoms with Crippen molar-refractivity contribution in [2.45, 2.75) is 106 Å². The fourth-order valence-corrected chi connectivity index (χ4v) is 6.80. The summed E-state index contributed by atoms with van der Waals surface area (Å²) in [5.74, 6) is -0.979. The van der Waals surface area contributed by atoms with Crippen molar-refractivity contribution in [3.8, 4) is 11.1 Å². The lowest BCUT2D eigenvalue weighted by Gasteiger charge is -2.41. The summed E-state index contributed by atoms with van der Waals surface area (Å²) in [5.41, 5.74) is 10.6. The minimum absolute atomic E-state index is 0.262. The zero-order valence-electron chi connectivity index (χ0n) is 28.1. The summed E-state index contributed by atoms with van der Waals surface area (Å²) in [6.45, 7) is 21.2. The quantitative estimate of drug-likeness (QED) is 0.283. The van der Waals surface area contributed by atoms with Gasteiger partial charge in [-0.1, -0.05) is 63.2 Å². The summed E-state index contributed by atoms with van der Waals surface area (Å²) in [6, 6.07) is 15.9. The van der Waals surface area contributed by atoms with Crippen LogP contribution in [0.1, 0.15) is 99.7 Å². The van der Waals surface area contributed by atoms with Crippen molar-refractivity contribution >= 4 is 11.7 Å². The van der Waals surface area contributed by atoms with Crippen LogP contribution in [0.2, 0.25) is 0 Å². The first-order valence-electron chi connectivity index (χ1n) is 16.3. The van der Waals surface area contributed by atoms with Gasteiger partial charge in [-0.3, -0.25) is 9.88 Å². The maximum absolute atomic E-state index is 12.8. The zero-order valence-corrected chi connectivity index (χ0v) is 28.1. The minimum atomic E-state index is -1.11. The number of nitrogens with zero attached hydrogens (tertiary/aromatic N) is 3. The molecule has 0 bridgehead atoms. The van der Waals surface area contributed by atoms with Gasteiger partial charge in [-0.05, 0) is 93.5 Å². The number of aromatic nitrogens is 1. The second kappa shape index (κ2) is 12.6. The number of piperidine rings is 1. The van der Waals surface area contributed by atoms with Gasteiger partial charge in [-0.2, -0.15) is 0 Å². The first kappa shape index (κ1) is 32.2. The van der Waals surface area contributed by atoms with E-state index < -0.39 is 17.7 Å². The highest BCUT2D eigenvalue weighted by molar-refractivity contribution is 5.88. The first-order valence-corrected chi connectivity index (χ1v) is 16.3.